The Morgan fingerprint density at radius 1 is 1.36 bits per heavy atom. The number of rotatable bonds is 4. The van der Waals surface area contributed by atoms with Gasteiger partial charge in [0.15, 0.2) is 0 Å². The van der Waals surface area contributed by atoms with Crippen LogP contribution in [-0.2, 0) is 0 Å². The summed E-state index contributed by atoms with van der Waals surface area (Å²) in [6.07, 6.45) is 3.90. The van der Waals surface area contributed by atoms with Gasteiger partial charge in [-0.15, -0.1) is 0 Å². The first kappa shape index (κ1) is 11.5. The molecule has 0 spiro atoms. The molecule has 1 aromatic heterocycles. The van der Waals surface area contributed by atoms with Gasteiger partial charge in [0.25, 0.3) is 0 Å². The molecule has 14 heavy (non-hydrogen) atoms. The first-order valence-electron chi connectivity index (χ1n) is 4.96. The second-order valence-corrected chi connectivity index (χ2v) is 4.38. The van der Waals surface area contributed by atoms with Crippen molar-refractivity contribution in [1.82, 2.24) is 4.98 Å². The molecule has 0 fully saturated rings. The average Bonchev–Trinajstić information content (AvgIpc) is 2.15. The Kier molecular flexibility index (Phi) is 4.36. The second kappa shape index (κ2) is 5.32. The van der Waals surface area contributed by atoms with Crippen LogP contribution in [0, 0.1) is 5.92 Å². The fraction of sp³-hybridized carbons (Fsp3) is 0.545. The van der Waals surface area contributed by atoms with E-state index < -0.39 is 0 Å². The predicted molar refractivity (Wildman–Crippen MR) is 60.2 cm³/mol. The van der Waals surface area contributed by atoms with E-state index in [9.17, 15) is 0 Å². The highest BCUT2D eigenvalue weighted by atomic mass is 35.5. The number of hydrogen-bond donors (Lipinski definition) is 1. The summed E-state index contributed by atoms with van der Waals surface area (Å²) in [6.45, 7) is 4.40. The van der Waals surface area contributed by atoms with Gasteiger partial charge >= 0.3 is 0 Å². The molecule has 1 heterocycles. The van der Waals surface area contributed by atoms with Crippen molar-refractivity contribution in [3.8, 4) is 0 Å². The lowest BCUT2D eigenvalue weighted by molar-refractivity contribution is 0.506. The maximum absolute atomic E-state index is 6.01. The van der Waals surface area contributed by atoms with Crippen LogP contribution in [-0.4, -0.2) is 4.98 Å². The van der Waals surface area contributed by atoms with Crippen molar-refractivity contribution >= 4 is 11.6 Å². The Bertz CT molecular complexity index is 269. The van der Waals surface area contributed by atoms with Crippen molar-refractivity contribution in [2.45, 2.75) is 32.7 Å². The van der Waals surface area contributed by atoms with Gasteiger partial charge in [0.2, 0.25) is 0 Å². The topological polar surface area (TPSA) is 38.9 Å². The molecule has 0 aliphatic rings. The minimum Gasteiger partial charge on any atom is -0.324 e. The highest BCUT2D eigenvalue weighted by Crippen LogP contribution is 2.18. The van der Waals surface area contributed by atoms with Gasteiger partial charge in [-0.3, -0.25) is 0 Å². The third-order valence-electron chi connectivity index (χ3n) is 2.23. The third kappa shape index (κ3) is 3.64. The lowest BCUT2D eigenvalue weighted by atomic mass is 10.00. The summed E-state index contributed by atoms with van der Waals surface area (Å²) in [7, 11) is 0. The smallest absolute Gasteiger partial charge is 0.129 e. The number of halogens is 1. The molecule has 0 amide bonds. The lowest BCUT2D eigenvalue weighted by Crippen LogP contribution is -2.11. The summed E-state index contributed by atoms with van der Waals surface area (Å²) in [5, 5.41) is 0.518. The van der Waals surface area contributed by atoms with Crippen LogP contribution in [0.1, 0.15) is 38.3 Å². The predicted octanol–water partition coefficient (Wildman–Crippen LogP) is 3.17. The second-order valence-electron chi connectivity index (χ2n) is 3.99. The van der Waals surface area contributed by atoms with Crippen LogP contribution >= 0.6 is 11.6 Å². The zero-order valence-corrected chi connectivity index (χ0v) is 9.46. The number of nitrogens with zero attached hydrogens (tertiary/aromatic N) is 1. The van der Waals surface area contributed by atoms with Crippen molar-refractivity contribution in [3.05, 3.63) is 29.0 Å². The van der Waals surface area contributed by atoms with Gasteiger partial charge in [-0.2, -0.15) is 0 Å². The van der Waals surface area contributed by atoms with E-state index in [4.69, 9.17) is 17.3 Å². The van der Waals surface area contributed by atoms with Crippen molar-refractivity contribution in [1.29, 1.82) is 0 Å². The Hall–Kier alpha value is -0.600. The fourth-order valence-corrected chi connectivity index (χ4v) is 1.40. The van der Waals surface area contributed by atoms with Crippen LogP contribution in [0.5, 0.6) is 0 Å². The molecule has 0 aliphatic heterocycles. The molecule has 0 bridgehead atoms. The molecular weight excluding hydrogens is 196 g/mol. The van der Waals surface area contributed by atoms with Crippen molar-refractivity contribution in [3.63, 3.8) is 0 Å². The number of hydrogen-bond acceptors (Lipinski definition) is 2. The zero-order chi connectivity index (χ0) is 10.6. The van der Waals surface area contributed by atoms with Crippen LogP contribution < -0.4 is 5.73 Å². The molecule has 1 atom stereocenters. The molecule has 0 saturated heterocycles. The standard InChI is InChI=1S/C11H17ClN2/c1-8(2)3-5-10(13)9-4-6-11(12)14-7-9/h4,6-8,10H,3,5,13H2,1-2H3/t10-/m0/s1. The van der Waals surface area contributed by atoms with Crippen LogP contribution in [0.15, 0.2) is 18.3 Å². The van der Waals surface area contributed by atoms with Gasteiger partial charge in [0, 0.05) is 12.2 Å². The van der Waals surface area contributed by atoms with E-state index in [2.05, 4.69) is 18.8 Å². The molecule has 3 heteroatoms. The SMILES string of the molecule is CC(C)CC[C@H](N)c1ccc(Cl)nc1. The summed E-state index contributed by atoms with van der Waals surface area (Å²) in [5.41, 5.74) is 7.08. The molecular formula is C11H17ClN2. The number of nitrogens with two attached hydrogens (primary N) is 1. The maximum Gasteiger partial charge on any atom is 0.129 e. The van der Waals surface area contributed by atoms with Crippen molar-refractivity contribution in [2.24, 2.45) is 11.7 Å². The maximum atomic E-state index is 6.01. The Balaban J connectivity index is 2.52. The number of pyridine rings is 1. The Morgan fingerprint density at radius 2 is 2.07 bits per heavy atom. The van der Waals surface area contributed by atoms with Gasteiger partial charge < -0.3 is 5.73 Å². The highest BCUT2D eigenvalue weighted by Gasteiger charge is 2.07. The van der Waals surface area contributed by atoms with Gasteiger partial charge in [0.05, 0.1) is 0 Å². The Morgan fingerprint density at radius 3 is 2.57 bits per heavy atom. The molecule has 0 saturated carbocycles. The molecule has 78 valence electrons. The summed E-state index contributed by atoms with van der Waals surface area (Å²) in [5.74, 6) is 0.696. The molecule has 0 aromatic carbocycles. The monoisotopic (exact) mass is 212 g/mol. The van der Waals surface area contributed by atoms with Crippen molar-refractivity contribution in [2.75, 3.05) is 0 Å². The quantitative estimate of drug-likeness (QED) is 0.779. The van der Waals surface area contributed by atoms with E-state index >= 15 is 0 Å². The van der Waals surface area contributed by atoms with E-state index in [-0.39, 0.29) is 6.04 Å². The van der Waals surface area contributed by atoms with Gasteiger partial charge in [-0.05, 0) is 30.4 Å². The zero-order valence-electron chi connectivity index (χ0n) is 8.70. The van der Waals surface area contributed by atoms with E-state index in [1.807, 2.05) is 6.07 Å². The van der Waals surface area contributed by atoms with Crippen molar-refractivity contribution < 1.29 is 0 Å². The van der Waals surface area contributed by atoms with Crippen LogP contribution in [0.2, 0.25) is 5.15 Å². The normalized spacial score (nSPS) is 13.2. The largest absolute Gasteiger partial charge is 0.324 e. The molecule has 2 nitrogen and oxygen atoms in total. The van der Waals surface area contributed by atoms with E-state index in [0.29, 0.717) is 11.1 Å². The van der Waals surface area contributed by atoms with Crippen LogP contribution in [0.3, 0.4) is 0 Å². The van der Waals surface area contributed by atoms with E-state index in [1.165, 1.54) is 0 Å². The summed E-state index contributed by atoms with van der Waals surface area (Å²) in [6, 6.07) is 3.81. The minimum atomic E-state index is 0.0853. The van der Waals surface area contributed by atoms with E-state index in [1.54, 1.807) is 12.3 Å². The van der Waals surface area contributed by atoms with Gasteiger partial charge in [-0.25, -0.2) is 4.98 Å². The molecule has 0 aliphatic carbocycles. The number of aromatic nitrogens is 1. The third-order valence-corrected chi connectivity index (χ3v) is 2.46. The summed E-state index contributed by atoms with van der Waals surface area (Å²) >= 11 is 5.69. The lowest BCUT2D eigenvalue weighted by Gasteiger charge is -2.12. The van der Waals surface area contributed by atoms with E-state index in [0.717, 1.165) is 18.4 Å². The average molecular weight is 213 g/mol. The summed E-state index contributed by atoms with van der Waals surface area (Å²) < 4.78 is 0. The molecule has 1 rings (SSSR count). The molecule has 1 aromatic rings. The highest BCUT2D eigenvalue weighted by molar-refractivity contribution is 6.29. The molecule has 2 N–H and O–H groups in total. The molecule has 0 radical (unpaired) electrons. The first-order valence-corrected chi connectivity index (χ1v) is 5.34. The van der Waals surface area contributed by atoms with Crippen LogP contribution in [0.25, 0.3) is 0 Å². The van der Waals surface area contributed by atoms with Crippen LogP contribution in [0.4, 0.5) is 0 Å². The van der Waals surface area contributed by atoms with Gasteiger partial charge in [0.1, 0.15) is 5.15 Å². The fourth-order valence-electron chi connectivity index (χ4n) is 1.29. The minimum absolute atomic E-state index is 0.0853. The van der Waals surface area contributed by atoms with Gasteiger partial charge in [-0.1, -0.05) is 31.5 Å². The summed E-state index contributed by atoms with van der Waals surface area (Å²) in [4.78, 5) is 4.01. The molecule has 0 unspecified atom stereocenters. The Labute approximate surface area is 90.5 Å². The first-order chi connectivity index (χ1) is 6.59.